The van der Waals surface area contributed by atoms with Gasteiger partial charge in [-0.15, -0.1) is 0 Å². The molecule has 0 radical (unpaired) electrons. The molecule has 0 aliphatic carbocycles. The van der Waals surface area contributed by atoms with E-state index in [0.29, 0.717) is 0 Å². The van der Waals surface area contributed by atoms with Gasteiger partial charge in [-0.1, -0.05) is 0 Å². The first kappa shape index (κ1) is 12.3. The van der Waals surface area contributed by atoms with Gasteiger partial charge in [0.25, 0.3) is 0 Å². The molecule has 106 valence electrons. The Labute approximate surface area is 117 Å². The normalized spacial score (nSPS) is 26.6. The van der Waals surface area contributed by atoms with Gasteiger partial charge in [-0.3, -0.25) is 0 Å². The van der Waals surface area contributed by atoms with Crippen LogP contribution in [0.25, 0.3) is 11.2 Å². The van der Waals surface area contributed by atoms with Crippen LogP contribution in [0.3, 0.4) is 0 Å². The van der Waals surface area contributed by atoms with E-state index < -0.39 is 0 Å². The Morgan fingerprint density at radius 1 is 1.20 bits per heavy atom. The van der Waals surface area contributed by atoms with Gasteiger partial charge in [0.2, 0.25) is 0 Å². The summed E-state index contributed by atoms with van der Waals surface area (Å²) in [4.78, 5) is 9.26. The third-order valence-corrected chi connectivity index (χ3v) is 4.16. The SMILES string of the molecule is c1cnc2c(c1)nc(C1CCCO1)n2CC1CCCO1. The predicted octanol–water partition coefficient (Wildman–Crippen LogP) is 2.46. The number of aromatic nitrogens is 3. The highest BCUT2D eigenvalue weighted by Crippen LogP contribution is 2.30. The summed E-state index contributed by atoms with van der Waals surface area (Å²) in [5, 5.41) is 0. The highest BCUT2D eigenvalue weighted by atomic mass is 16.5. The summed E-state index contributed by atoms with van der Waals surface area (Å²) in [5.41, 5.74) is 1.91. The molecule has 4 rings (SSSR count). The lowest BCUT2D eigenvalue weighted by Gasteiger charge is -2.16. The first-order valence-electron chi connectivity index (χ1n) is 7.46. The summed E-state index contributed by atoms with van der Waals surface area (Å²) in [7, 11) is 0. The van der Waals surface area contributed by atoms with Crippen LogP contribution in [0.4, 0.5) is 0 Å². The highest BCUT2D eigenvalue weighted by molar-refractivity contribution is 5.71. The van der Waals surface area contributed by atoms with Crippen molar-refractivity contribution in [3.8, 4) is 0 Å². The summed E-state index contributed by atoms with van der Waals surface area (Å²) in [6.07, 6.45) is 6.67. The number of ether oxygens (including phenoxy) is 2. The molecule has 4 heterocycles. The van der Waals surface area contributed by atoms with E-state index in [2.05, 4.69) is 9.55 Å². The molecule has 5 heteroatoms. The van der Waals surface area contributed by atoms with Crippen LogP contribution in [0, 0.1) is 0 Å². The Hall–Kier alpha value is -1.46. The minimum absolute atomic E-state index is 0.116. The summed E-state index contributed by atoms with van der Waals surface area (Å²) >= 11 is 0. The van der Waals surface area contributed by atoms with Crippen molar-refractivity contribution in [2.24, 2.45) is 0 Å². The molecule has 2 fully saturated rings. The van der Waals surface area contributed by atoms with Gasteiger partial charge in [-0.05, 0) is 37.8 Å². The molecule has 0 amide bonds. The monoisotopic (exact) mass is 273 g/mol. The van der Waals surface area contributed by atoms with Gasteiger partial charge in [0.05, 0.1) is 12.6 Å². The van der Waals surface area contributed by atoms with Crippen LogP contribution < -0.4 is 0 Å². The third-order valence-electron chi connectivity index (χ3n) is 4.16. The molecule has 2 aliphatic rings. The fourth-order valence-electron chi connectivity index (χ4n) is 3.18. The summed E-state index contributed by atoms with van der Waals surface area (Å²) in [5.74, 6) is 1.02. The zero-order valence-corrected chi connectivity index (χ0v) is 11.5. The van der Waals surface area contributed by atoms with Crippen molar-refractivity contribution in [2.45, 2.75) is 44.4 Å². The summed E-state index contributed by atoms with van der Waals surface area (Å²) in [6, 6.07) is 3.96. The predicted molar refractivity (Wildman–Crippen MR) is 74.4 cm³/mol. The van der Waals surface area contributed by atoms with Crippen LogP contribution in [0.5, 0.6) is 0 Å². The molecule has 0 saturated carbocycles. The smallest absolute Gasteiger partial charge is 0.160 e. The molecular formula is C15H19N3O2. The second-order valence-electron chi connectivity index (χ2n) is 5.56. The highest BCUT2D eigenvalue weighted by Gasteiger charge is 2.27. The fraction of sp³-hybridized carbons (Fsp3) is 0.600. The number of fused-ring (bicyclic) bond motifs is 1. The standard InChI is InChI=1S/C15H19N3O2/c1-5-12-14(16-7-1)18(10-11-4-2-8-19-11)15(17-12)13-6-3-9-20-13/h1,5,7,11,13H,2-4,6,8-10H2. The Morgan fingerprint density at radius 3 is 2.90 bits per heavy atom. The van der Waals surface area contributed by atoms with Gasteiger partial charge in [0.1, 0.15) is 17.4 Å². The molecule has 0 spiro atoms. The van der Waals surface area contributed by atoms with Gasteiger partial charge in [-0.25, -0.2) is 9.97 Å². The molecule has 0 N–H and O–H groups in total. The second kappa shape index (κ2) is 5.14. The first-order valence-corrected chi connectivity index (χ1v) is 7.46. The Bertz CT molecular complexity index is 598. The number of imidazole rings is 1. The molecule has 2 saturated heterocycles. The largest absolute Gasteiger partial charge is 0.376 e. The molecule has 2 unspecified atom stereocenters. The zero-order chi connectivity index (χ0) is 13.4. The minimum atomic E-state index is 0.116. The van der Waals surface area contributed by atoms with E-state index in [4.69, 9.17) is 14.5 Å². The number of hydrogen-bond donors (Lipinski definition) is 0. The average molecular weight is 273 g/mol. The number of pyridine rings is 1. The van der Waals surface area contributed by atoms with Crippen molar-refractivity contribution >= 4 is 11.2 Å². The van der Waals surface area contributed by atoms with Crippen molar-refractivity contribution in [1.82, 2.24) is 14.5 Å². The van der Waals surface area contributed by atoms with Gasteiger partial charge in [-0.2, -0.15) is 0 Å². The molecule has 20 heavy (non-hydrogen) atoms. The molecule has 0 bridgehead atoms. The van der Waals surface area contributed by atoms with E-state index in [1.165, 1.54) is 0 Å². The van der Waals surface area contributed by atoms with Crippen LogP contribution in [-0.2, 0) is 16.0 Å². The molecule has 0 aromatic carbocycles. The maximum absolute atomic E-state index is 5.82. The van der Waals surface area contributed by atoms with E-state index in [9.17, 15) is 0 Å². The lowest BCUT2D eigenvalue weighted by molar-refractivity contribution is 0.0836. The molecule has 2 aromatic heterocycles. The first-order chi connectivity index (χ1) is 9.92. The molecule has 2 aliphatic heterocycles. The van der Waals surface area contributed by atoms with Crippen LogP contribution >= 0.6 is 0 Å². The molecule has 2 atom stereocenters. The maximum Gasteiger partial charge on any atom is 0.160 e. The Morgan fingerprint density at radius 2 is 2.10 bits per heavy atom. The van der Waals surface area contributed by atoms with Gasteiger partial charge in [0, 0.05) is 19.4 Å². The molecule has 5 nitrogen and oxygen atoms in total. The van der Waals surface area contributed by atoms with E-state index in [-0.39, 0.29) is 12.2 Å². The van der Waals surface area contributed by atoms with Crippen molar-refractivity contribution in [3.05, 3.63) is 24.2 Å². The van der Waals surface area contributed by atoms with E-state index in [1.54, 1.807) is 0 Å². The van der Waals surface area contributed by atoms with Crippen molar-refractivity contribution in [3.63, 3.8) is 0 Å². The van der Waals surface area contributed by atoms with Crippen LogP contribution in [-0.4, -0.2) is 33.9 Å². The third kappa shape index (κ3) is 2.11. The van der Waals surface area contributed by atoms with Gasteiger partial charge < -0.3 is 14.0 Å². The Balaban J connectivity index is 1.75. The van der Waals surface area contributed by atoms with Gasteiger partial charge >= 0.3 is 0 Å². The van der Waals surface area contributed by atoms with Crippen molar-refractivity contribution < 1.29 is 9.47 Å². The summed E-state index contributed by atoms with van der Waals surface area (Å²) < 4.78 is 13.8. The molecular weight excluding hydrogens is 254 g/mol. The van der Waals surface area contributed by atoms with Crippen LogP contribution in [0.1, 0.15) is 37.6 Å². The lowest BCUT2D eigenvalue weighted by Crippen LogP contribution is -2.18. The summed E-state index contributed by atoms with van der Waals surface area (Å²) in [6.45, 7) is 2.55. The van der Waals surface area contributed by atoms with E-state index in [1.807, 2.05) is 18.3 Å². The lowest BCUT2D eigenvalue weighted by atomic mass is 10.2. The minimum Gasteiger partial charge on any atom is -0.376 e. The average Bonchev–Trinajstić information content (AvgIpc) is 3.19. The maximum atomic E-state index is 5.82. The fourth-order valence-corrected chi connectivity index (χ4v) is 3.18. The Kier molecular flexibility index (Phi) is 3.16. The quantitative estimate of drug-likeness (QED) is 0.862. The van der Waals surface area contributed by atoms with Crippen LogP contribution in [0.15, 0.2) is 18.3 Å². The number of hydrogen-bond acceptors (Lipinski definition) is 4. The second-order valence-corrected chi connectivity index (χ2v) is 5.56. The van der Waals surface area contributed by atoms with Crippen LogP contribution in [0.2, 0.25) is 0 Å². The van der Waals surface area contributed by atoms with E-state index >= 15 is 0 Å². The van der Waals surface area contributed by atoms with Crippen molar-refractivity contribution in [2.75, 3.05) is 13.2 Å². The van der Waals surface area contributed by atoms with Gasteiger partial charge in [0.15, 0.2) is 5.65 Å². The van der Waals surface area contributed by atoms with Crippen molar-refractivity contribution in [1.29, 1.82) is 0 Å². The number of nitrogens with zero attached hydrogens (tertiary/aromatic N) is 3. The topological polar surface area (TPSA) is 49.2 Å². The zero-order valence-electron chi connectivity index (χ0n) is 11.5. The van der Waals surface area contributed by atoms with E-state index in [0.717, 1.165) is 62.4 Å². The number of rotatable bonds is 3. The molecule has 2 aromatic rings.